The SMILES string of the molecule is [2H]N(CC(=O)[C@@H](O)[C@H](O)[C@H](O)CO)[C@H](C(=O)O)C(C)C. The van der Waals surface area contributed by atoms with Gasteiger partial charge in [-0.15, -0.1) is 0 Å². The fourth-order valence-corrected chi connectivity index (χ4v) is 1.36. The molecule has 6 N–H and O–H groups in total. The second kappa shape index (κ2) is 8.18. The second-order valence-electron chi connectivity index (χ2n) is 4.52. The van der Waals surface area contributed by atoms with E-state index < -0.39 is 55.2 Å². The van der Waals surface area contributed by atoms with Crippen LogP contribution in [-0.2, 0) is 9.59 Å². The predicted octanol–water partition coefficient (Wildman–Crippen LogP) is -2.67. The van der Waals surface area contributed by atoms with Crippen molar-refractivity contribution in [2.24, 2.45) is 5.92 Å². The van der Waals surface area contributed by atoms with Crippen LogP contribution in [0, 0.1) is 5.92 Å². The first-order valence-electron chi connectivity index (χ1n) is 6.24. The van der Waals surface area contributed by atoms with E-state index in [9.17, 15) is 19.8 Å². The molecule has 0 aromatic carbocycles. The summed E-state index contributed by atoms with van der Waals surface area (Å²) in [5, 5.41) is 45.9. The molecule has 0 saturated heterocycles. The van der Waals surface area contributed by atoms with Crippen molar-refractivity contribution in [3.63, 3.8) is 0 Å². The summed E-state index contributed by atoms with van der Waals surface area (Å²) in [6.45, 7) is 1.54. The maximum Gasteiger partial charge on any atom is 0.320 e. The van der Waals surface area contributed by atoms with Crippen LogP contribution in [0.1, 0.15) is 13.8 Å². The van der Waals surface area contributed by atoms with Crippen molar-refractivity contribution in [3.8, 4) is 0 Å². The van der Waals surface area contributed by atoms with Crippen LogP contribution in [0.15, 0.2) is 0 Å². The number of hydrogen-bond acceptors (Lipinski definition) is 7. The lowest BCUT2D eigenvalue weighted by molar-refractivity contribution is -0.142. The van der Waals surface area contributed by atoms with Crippen LogP contribution in [0.5, 0.6) is 0 Å². The topological polar surface area (TPSA) is 147 Å². The molecule has 0 aliphatic heterocycles. The van der Waals surface area contributed by atoms with Crippen LogP contribution in [0.2, 0.25) is 1.41 Å². The molecule has 0 unspecified atom stereocenters. The van der Waals surface area contributed by atoms with E-state index in [0.717, 1.165) is 0 Å². The van der Waals surface area contributed by atoms with Gasteiger partial charge in [0.15, 0.2) is 5.78 Å². The van der Waals surface area contributed by atoms with E-state index in [1.54, 1.807) is 13.8 Å². The summed E-state index contributed by atoms with van der Waals surface area (Å²) in [5.41, 5.74) is 0. The van der Waals surface area contributed by atoms with Crippen LogP contribution in [0.3, 0.4) is 0 Å². The van der Waals surface area contributed by atoms with Crippen molar-refractivity contribution in [1.82, 2.24) is 5.31 Å². The molecule has 19 heavy (non-hydrogen) atoms. The molecule has 0 rings (SSSR count). The number of aliphatic hydroxyl groups is 4. The molecule has 0 amide bonds. The molecular weight excluding hydrogens is 258 g/mol. The Kier molecular flexibility index (Phi) is 6.89. The average molecular weight is 280 g/mol. The Labute approximate surface area is 112 Å². The fraction of sp³-hybridized carbons (Fsp3) is 0.818. The van der Waals surface area contributed by atoms with E-state index in [-0.39, 0.29) is 0 Å². The molecule has 0 aromatic heterocycles. The number of carboxylic acid groups (broad SMARTS) is 1. The van der Waals surface area contributed by atoms with Crippen molar-refractivity contribution in [3.05, 3.63) is 0 Å². The monoisotopic (exact) mass is 280 g/mol. The largest absolute Gasteiger partial charge is 0.480 e. The molecule has 0 aromatic rings. The summed E-state index contributed by atoms with van der Waals surface area (Å²) in [4.78, 5) is 22.6. The van der Waals surface area contributed by atoms with Gasteiger partial charge in [0.05, 0.1) is 13.2 Å². The van der Waals surface area contributed by atoms with E-state index >= 15 is 0 Å². The van der Waals surface area contributed by atoms with Crippen molar-refractivity contribution in [2.45, 2.75) is 38.2 Å². The highest BCUT2D eigenvalue weighted by molar-refractivity contribution is 5.86. The number of nitrogens with one attached hydrogen (secondary N) is 1. The number of carbonyl (C=O) groups is 2. The summed E-state index contributed by atoms with van der Waals surface area (Å²) < 4.78 is 7.53. The Morgan fingerprint density at radius 1 is 1.26 bits per heavy atom. The molecule has 112 valence electrons. The van der Waals surface area contributed by atoms with E-state index in [4.69, 9.17) is 16.7 Å². The predicted molar refractivity (Wildman–Crippen MR) is 64.4 cm³/mol. The average Bonchev–Trinajstić information content (AvgIpc) is 2.34. The summed E-state index contributed by atoms with van der Waals surface area (Å²) in [6, 6.07) is -1.24. The minimum atomic E-state index is -2.01. The smallest absolute Gasteiger partial charge is 0.320 e. The minimum Gasteiger partial charge on any atom is -0.480 e. The van der Waals surface area contributed by atoms with Gasteiger partial charge in [0.25, 0.3) is 0 Å². The zero-order valence-corrected chi connectivity index (χ0v) is 10.8. The van der Waals surface area contributed by atoms with E-state index in [1.807, 2.05) is 0 Å². The number of hydrogen-bond donors (Lipinski definition) is 6. The molecular formula is C11H21NO7. The third kappa shape index (κ3) is 5.62. The number of carbonyl (C=O) groups excluding carboxylic acids is 1. The van der Waals surface area contributed by atoms with Gasteiger partial charge in [0, 0.05) is 0 Å². The Morgan fingerprint density at radius 3 is 2.16 bits per heavy atom. The van der Waals surface area contributed by atoms with Crippen LogP contribution in [0.25, 0.3) is 0 Å². The molecule has 8 heteroatoms. The molecule has 8 nitrogen and oxygen atoms in total. The third-order valence-corrected chi connectivity index (χ3v) is 2.56. The lowest BCUT2D eigenvalue weighted by Crippen LogP contribution is -2.49. The quantitative estimate of drug-likeness (QED) is 0.268. The number of aliphatic hydroxyl groups excluding tert-OH is 4. The molecule has 0 aliphatic carbocycles. The summed E-state index contributed by atoms with van der Waals surface area (Å²) in [6.07, 6.45) is -5.61. The summed E-state index contributed by atoms with van der Waals surface area (Å²) in [7, 11) is 0. The van der Waals surface area contributed by atoms with Gasteiger partial charge in [-0.05, 0) is 5.92 Å². The van der Waals surface area contributed by atoms with Crippen LogP contribution < -0.4 is 5.31 Å². The highest BCUT2D eigenvalue weighted by Crippen LogP contribution is 2.04. The Balaban J connectivity index is 4.70. The molecule has 0 radical (unpaired) electrons. The molecule has 4 atom stereocenters. The van der Waals surface area contributed by atoms with Crippen molar-refractivity contribution in [1.29, 1.82) is 0 Å². The summed E-state index contributed by atoms with van der Waals surface area (Å²) in [5.74, 6) is -2.75. The normalized spacial score (nSPS) is 18.8. The first kappa shape index (κ1) is 16.0. The number of aliphatic carboxylic acids is 1. The lowest BCUT2D eigenvalue weighted by atomic mass is 10.0. The zero-order chi connectivity index (χ0) is 16.0. The first-order valence-corrected chi connectivity index (χ1v) is 5.79. The van der Waals surface area contributed by atoms with Gasteiger partial charge >= 0.3 is 5.97 Å². The lowest BCUT2D eigenvalue weighted by Gasteiger charge is -2.22. The van der Waals surface area contributed by atoms with Crippen molar-refractivity contribution >= 4 is 11.8 Å². The van der Waals surface area contributed by atoms with Crippen molar-refractivity contribution in [2.75, 3.05) is 13.2 Å². The Morgan fingerprint density at radius 2 is 1.79 bits per heavy atom. The van der Waals surface area contributed by atoms with Gasteiger partial charge in [-0.2, -0.15) is 0 Å². The van der Waals surface area contributed by atoms with Gasteiger partial charge in [-0.3, -0.25) is 14.9 Å². The Bertz CT molecular complexity index is 339. The number of Topliss-reactive ketones (excluding diaryl/α,β-unsaturated/α-hetero) is 1. The third-order valence-electron chi connectivity index (χ3n) is 2.56. The summed E-state index contributed by atoms with van der Waals surface area (Å²) >= 11 is 0. The van der Waals surface area contributed by atoms with E-state index in [0.29, 0.717) is 5.31 Å². The van der Waals surface area contributed by atoms with E-state index in [1.165, 1.54) is 0 Å². The van der Waals surface area contributed by atoms with Crippen molar-refractivity contribution < 1.29 is 36.5 Å². The number of carboxylic acids is 1. The molecule has 0 spiro atoms. The van der Waals surface area contributed by atoms with E-state index in [2.05, 4.69) is 0 Å². The van der Waals surface area contributed by atoms with Crippen LogP contribution in [-0.4, -0.2) is 74.8 Å². The Hall–Kier alpha value is -1.06. The fourth-order valence-electron chi connectivity index (χ4n) is 1.36. The van der Waals surface area contributed by atoms with Gasteiger partial charge in [-0.25, -0.2) is 0 Å². The molecule has 0 heterocycles. The van der Waals surface area contributed by atoms with Crippen LogP contribution >= 0.6 is 0 Å². The number of rotatable bonds is 9. The first-order chi connectivity index (χ1) is 9.13. The van der Waals surface area contributed by atoms with Gasteiger partial charge < -0.3 is 25.5 Å². The minimum absolute atomic E-state index is 0.442. The molecule has 0 bridgehead atoms. The molecule has 0 saturated carbocycles. The van der Waals surface area contributed by atoms with Gasteiger partial charge in [0.1, 0.15) is 25.8 Å². The van der Waals surface area contributed by atoms with Gasteiger partial charge in [-0.1, -0.05) is 13.8 Å². The molecule has 0 aliphatic rings. The maximum atomic E-state index is 11.6. The number of ketones is 1. The highest BCUT2D eigenvalue weighted by atomic mass is 16.4. The maximum absolute atomic E-state index is 11.6. The highest BCUT2D eigenvalue weighted by Gasteiger charge is 2.30. The van der Waals surface area contributed by atoms with Gasteiger partial charge in [0.2, 0.25) is 0 Å². The molecule has 0 fully saturated rings. The standard InChI is InChI=1S/C11H21NO7/c1-5(2)8(11(18)19)12-3-6(14)9(16)10(17)7(15)4-13/h5,7-10,12-13,15-17H,3-4H2,1-2H3,(H,18,19)/t7-,8+,9-,10-/m1/s1/i/hD. The second-order valence-corrected chi connectivity index (χ2v) is 4.52. The zero-order valence-electron chi connectivity index (χ0n) is 11.8. The van der Waals surface area contributed by atoms with Crippen LogP contribution in [0.4, 0.5) is 0 Å².